The van der Waals surface area contributed by atoms with Crippen LogP contribution in [0.25, 0.3) is 0 Å². The molecule has 2 amide bonds. The molecule has 0 bridgehead atoms. The number of nitrogens with zero attached hydrogens (tertiary/aromatic N) is 2. The van der Waals surface area contributed by atoms with Crippen LogP contribution in [0.2, 0.25) is 0 Å². The fourth-order valence-corrected chi connectivity index (χ4v) is 3.24. The number of aromatic nitrogens is 2. The molecule has 1 heterocycles. The lowest BCUT2D eigenvalue weighted by Crippen LogP contribution is -2.30. The van der Waals surface area contributed by atoms with Gasteiger partial charge in [-0.05, 0) is 37.8 Å². The van der Waals surface area contributed by atoms with Crippen LogP contribution in [-0.2, 0) is 9.59 Å². The number of anilines is 2. The lowest BCUT2D eigenvalue weighted by Gasteiger charge is -2.15. The molecule has 2 aromatic carbocycles. The Balaban J connectivity index is 1.45. The Morgan fingerprint density at radius 3 is 2.45 bits per heavy atom. The molecule has 1 fully saturated rings. The van der Waals surface area contributed by atoms with Crippen molar-refractivity contribution in [2.24, 2.45) is 5.92 Å². The van der Waals surface area contributed by atoms with Crippen molar-refractivity contribution in [3.05, 3.63) is 66.4 Å². The molecule has 31 heavy (non-hydrogen) atoms. The first-order valence-electron chi connectivity index (χ1n) is 9.79. The third-order valence-corrected chi connectivity index (χ3v) is 5.01. The minimum Gasteiger partial charge on any atom is -0.455 e. The van der Waals surface area contributed by atoms with E-state index < -0.39 is 23.4 Å². The highest BCUT2D eigenvalue weighted by molar-refractivity contribution is 6.43. The maximum Gasteiger partial charge on any atom is 0.315 e. The fourth-order valence-electron chi connectivity index (χ4n) is 3.24. The standard InChI is InChI=1S/C22H20F2N4O3/c1-13(14-6-7-14)28-20(8-9-25-28)27-22(30)21(29)26-18-4-2-3-5-19(18)31-17-11-15(23)10-16(24)12-17/h2-5,8-14H,6-7H2,1H3,(H,26,29)(H,27,30). The second-order valence-electron chi connectivity index (χ2n) is 7.35. The quantitative estimate of drug-likeness (QED) is 0.569. The van der Waals surface area contributed by atoms with Crippen LogP contribution in [0.5, 0.6) is 11.5 Å². The van der Waals surface area contributed by atoms with Gasteiger partial charge in [-0.25, -0.2) is 13.5 Å². The SMILES string of the molecule is CC(C1CC1)n1nccc1NC(=O)C(=O)Nc1ccccc1Oc1cc(F)cc(F)c1. The number of benzene rings is 2. The highest BCUT2D eigenvalue weighted by atomic mass is 19.1. The zero-order valence-corrected chi connectivity index (χ0v) is 16.6. The van der Waals surface area contributed by atoms with Gasteiger partial charge >= 0.3 is 11.8 Å². The van der Waals surface area contributed by atoms with Crippen molar-refractivity contribution in [1.29, 1.82) is 0 Å². The summed E-state index contributed by atoms with van der Waals surface area (Å²) >= 11 is 0. The third kappa shape index (κ3) is 4.88. The summed E-state index contributed by atoms with van der Waals surface area (Å²) in [6, 6.07) is 10.7. The summed E-state index contributed by atoms with van der Waals surface area (Å²) in [5.41, 5.74) is 0.173. The maximum absolute atomic E-state index is 13.4. The van der Waals surface area contributed by atoms with E-state index in [0.29, 0.717) is 11.7 Å². The van der Waals surface area contributed by atoms with Crippen LogP contribution in [0, 0.1) is 17.6 Å². The van der Waals surface area contributed by atoms with Gasteiger partial charge in [0, 0.05) is 24.3 Å². The summed E-state index contributed by atoms with van der Waals surface area (Å²) < 4.78 is 34.0. The van der Waals surface area contributed by atoms with Crippen molar-refractivity contribution >= 4 is 23.3 Å². The van der Waals surface area contributed by atoms with E-state index in [1.807, 2.05) is 6.92 Å². The van der Waals surface area contributed by atoms with Gasteiger partial charge in [-0.3, -0.25) is 9.59 Å². The molecule has 1 atom stereocenters. The normalized spacial score (nSPS) is 14.0. The van der Waals surface area contributed by atoms with Crippen LogP contribution in [0.3, 0.4) is 0 Å². The molecule has 0 aliphatic heterocycles. The number of amides is 2. The lowest BCUT2D eigenvalue weighted by atomic mass is 10.2. The predicted molar refractivity (Wildman–Crippen MR) is 110 cm³/mol. The van der Waals surface area contributed by atoms with Gasteiger partial charge in [0.1, 0.15) is 23.2 Å². The number of rotatable bonds is 6. The molecule has 1 unspecified atom stereocenters. The Bertz CT molecular complexity index is 1110. The molecule has 0 saturated heterocycles. The molecular weight excluding hydrogens is 406 g/mol. The Hall–Kier alpha value is -3.75. The van der Waals surface area contributed by atoms with Gasteiger partial charge in [0.25, 0.3) is 0 Å². The van der Waals surface area contributed by atoms with Crippen LogP contribution in [-0.4, -0.2) is 21.6 Å². The van der Waals surface area contributed by atoms with Gasteiger partial charge in [-0.2, -0.15) is 5.10 Å². The monoisotopic (exact) mass is 426 g/mol. The second kappa shape index (κ2) is 8.55. The molecule has 1 aliphatic rings. The summed E-state index contributed by atoms with van der Waals surface area (Å²) in [7, 11) is 0. The zero-order valence-electron chi connectivity index (χ0n) is 16.6. The number of nitrogens with one attached hydrogen (secondary N) is 2. The van der Waals surface area contributed by atoms with Crippen LogP contribution >= 0.6 is 0 Å². The van der Waals surface area contributed by atoms with Crippen LogP contribution in [0.15, 0.2) is 54.7 Å². The molecule has 7 nitrogen and oxygen atoms in total. The number of carbonyl (C=O) groups excluding carboxylic acids is 2. The molecule has 1 saturated carbocycles. The van der Waals surface area contributed by atoms with Crippen LogP contribution in [0.1, 0.15) is 25.8 Å². The lowest BCUT2D eigenvalue weighted by molar-refractivity contribution is -0.133. The minimum absolute atomic E-state index is 0.0818. The van der Waals surface area contributed by atoms with E-state index in [4.69, 9.17) is 4.74 Å². The number of carbonyl (C=O) groups is 2. The van der Waals surface area contributed by atoms with Gasteiger partial charge in [-0.15, -0.1) is 0 Å². The number of halogens is 2. The van der Waals surface area contributed by atoms with E-state index in [1.165, 1.54) is 12.1 Å². The first-order chi connectivity index (χ1) is 14.9. The Morgan fingerprint density at radius 2 is 1.74 bits per heavy atom. The highest BCUT2D eigenvalue weighted by Gasteiger charge is 2.31. The molecule has 1 aliphatic carbocycles. The predicted octanol–water partition coefficient (Wildman–Crippen LogP) is 4.50. The third-order valence-electron chi connectivity index (χ3n) is 5.01. The smallest absolute Gasteiger partial charge is 0.315 e. The van der Waals surface area contributed by atoms with E-state index >= 15 is 0 Å². The Morgan fingerprint density at radius 1 is 1.06 bits per heavy atom. The molecule has 4 rings (SSSR count). The summed E-state index contributed by atoms with van der Waals surface area (Å²) in [6.07, 6.45) is 3.79. The molecule has 160 valence electrons. The average molecular weight is 426 g/mol. The fraction of sp³-hybridized carbons (Fsp3) is 0.227. The van der Waals surface area contributed by atoms with E-state index in [-0.39, 0.29) is 23.2 Å². The van der Waals surface area contributed by atoms with E-state index in [9.17, 15) is 18.4 Å². The van der Waals surface area contributed by atoms with Gasteiger partial charge in [0.05, 0.1) is 17.9 Å². The largest absolute Gasteiger partial charge is 0.455 e. The van der Waals surface area contributed by atoms with Crippen molar-refractivity contribution < 1.29 is 23.1 Å². The van der Waals surface area contributed by atoms with E-state index in [1.54, 1.807) is 29.1 Å². The zero-order chi connectivity index (χ0) is 22.0. The van der Waals surface area contributed by atoms with Crippen LogP contribution in [0.4, 0.5) is 20.3 Å². The van der Waals surface area contributed by atoms with Gasteiger partial charge in [0.15, 0.2) is 5.75 Å². The first-order valence-corrected chi connectivity index (χ1v) is 9.79. The van der Waals surface area contributed by atoms with E-state index in [0.717, 1.165) is 31.0 Å². The molecule has 3 aromatic rings. The number of hydrogen-bond donors (Lipinski definition) is 2. The van der Waals surface area contributed by atoms with Crippen molar-refractivity contribution in [1.82, 2.24) is 9.78 Å². The van der Waals surface area contributed by atoms with Crippen molar-refractivity contribution in [3.63, 3.8) is 0 Å². The van der Waals surface area contributed by atoms with Crippen molar-refractivity contribution in [3.8, 4) is 11.5 Å². The number of ether oxygens (including phenoxy) is 1. The topological polar surface area (TPSA) is 85.2 Å². The number of para-hydroxylation sites is 2. The van der Waals surface area contributed by atoms with Crippen molar-refractivity contribution in [2.45, 2.75) is 25.8 Å². The Kier molecular flexibility index (Phi) is 5.66. The average Bonchev–Trinajstić information content (AvgIpc) is 3.47. The first kappa shape index (κ1) is 20.5. The molecule has 9 heteroatoms. The molecule has 0 radical (unpaired) electrons. The van der Waals surface area contributed by atoms with Gasteiger partial charge in [-0.1, -0.05) is 12.1 Å². The molecular formula is C22H20F2N4O3. The molecule has 0 spiro atoms. The summed E-state index contributed by atoms with van der Waals surface area (Å²) in [4.78, 5) is 24.9. The molecule has 2 N–H and O–H groups in total. The summed E-state index contributed by atoms with van der Waals surface area (Å²) in [5, 5.41) is 9.27. The Labute approximate surface area is 177 Å². The number of hydrogen-bond acceptors (Lipinski definition) is 4. The molecule has 1 aromatic heterocycles. The van der Waals surface area contributed by atoms with E-state index in [2.05, 4.69) is 15.7 Å². The summed E-state index contributed by atoms with van der Waals surface area (Å²) in [5.74, 6) is -2.41. The van der Waals surface area contributed by atoms with Gasteiger partial charge < -0.3 is 15.4 Å². The van der Waals surface area contributed by atoms with Gasteiger partial charge in [0.2, 0.25) is 0 Å². The second-order valence-corrected chi connectivity index (χ2v) is 7.35. The minimum atomic E-state index is -0.923. The summed E-state index contributed by atoms with van der Waals surface area (Å²) in [6.45, 7) is 2.02. The maximum atomic E-state index is 13.4. The van der Waals surface area contributed by atoms with Crippen LogP contribution < -0.4 is 15.4 Å². The van der Waals surface area contributed by atoms with Crippen molar-refractivity contribution in [2.75, 3.05) is 10.6 Å². The highest BCUT2D eigenvalue weighted by Crippen LogP contribution is 2.40.